The zero-order valence-corrected chi connectivity index (χ0v) is 11.7. The van der Waals surface area contributed by atoms with E-state index in [1.54, 1.807) is 26.0 Å². The number of nitrogens with two attached hydrogens (primary N) is 1. The lowest BCUT2D eigenvalue weighted by molar-refractivity contribution is 0.538. The van der Waals surface area contributed by atoms with E-state index in [-0.39, 0.29) is 5.41 Å². The Labute approximate surface area is 104 Å². The highest BCUT2D eigenvalue weighted by atomic mass is 32.2. The van der Waals surface area contributed by atoms with Gasteiger partial charge >= 0.3 is 0 Å². The highest BCUT2D eigenvalue weighted by Crippen LogP contribution is 2.24. The predicted molar refractivity (Wildman–Crippen MR) is 70.8 cm³/mol. The van der Waals surface area contributed by atoms with Crippen LogP contribution in [0.1, 0.15) is 33.3 Å². The molecular formula is C13H21NO2S. The van der Waals surface area contributed by atoms with Crippen LogP contribution in [0.15, 0.2) is 29.2 Å². The van der Waals surface area contributed by atoms with Gasteiger partial charge in [0.25, 0.3) is 0 Å². The number of hydrogen-bond acceptors (Lipinski definition) is 3. The van der Waals surface area contributed by atoms with Gasteiger partial charge in [-0.25, -0.2) is 8.42 Å². The van der Waals surface area contributed by atoms with E-state index in [1.165, 1.54) is 0 Å². The van der Waals surface area contributed by atoms with E-state index in [4.69, 9.17) is 5.73 Å². The molecule has 0 bridgehead atoms. The average molecular weight is 255 g/mol. The van der Waals surface area contributed by atoms with E-state index in [0.29, 0.717) is 11.4 Å². The standard InChI is InChI=1S/C13H21NO2S/c1-10(2)17(15,16)12-7-5-11(6-8-12)13(3,4)9-14/h5-8,10H,9,14H2,1-4H3. The molecule has 2 N–H and O–H groups in total. The molecule has 0 amide bonds. The Kier molecular flexibility index (Phi) is 3.99. The molecule has 0 saturated carbocycles. The fourth-order valence-electron chi connectivity index (χ4n) is 1.49. The summed E-state index contributed by atoms with van der Waals surface area (Å²) < 4.78 is 23.9. The van der Waals surface area contributed by atoms with Crippen molar-refractivity contribution in [3.05, 3.63) is 29.8 Å². The molecule has 4 heteroatoms. The van der Waals surface area contributed by atoms with E-state index in [1.807, 2.05) is 26.0 Å². The Morgan fingerprint density at radius 1 is 1.18 bits per heavy atom. The van der Waals surface area contributed by atoms with Crippen molar-refractivity contribution in [3.63, 3.8) is 0 Å². The lowest BCUT2D eigenvalue weighted by atomic mass is 9.85. The number of benzene rings is 1. The topological polar surface area (TPSA) is 60.2 Å². The Balaban J connectivity index is 3.14. The van der Waals surface area contributed by atoms with Gasteiger partial charge in [0.15, 0.2) is 9.84 Å². The predicted octanol–water partition coefficient (Wildman–Crippen LogP) is 2.11. The van der Waals surface area contributed by atoms with Crippen LogP contribution >= 0.6 is 0 Å². The van der Waals surface area contributed by atoms with Crippen molar-refractivity contribution >= 4 is 9.84 Å². The largest absolute Gasteiger partial charge is 0.330 e. The molecule has 1 rings (SSSR count). The van der Waals surface area contributed by atoms with E-state index in [2.05, 4.69) is 0 Å². The molecule has 0 saturated heterocycles. The van der Waals surface area contributed by atoms with E-state index >= 15 is 0 Å². The zero-order chi connectivity index (χ0) is 13.3. The molecule has 0 spiro atoms. The maximum absolute atomic E-state index is 11.9. The summed E-state index contributed by atoms with van der Waals surface area (Å²) >= 11 is 0. The van der Waals surface area contributed by atoms with E-state index in [9.17, 15) is 8.42 Å². The molecule has 0 aromatic heterocycles. The molecule has 0 aliphatic carbocycles. The average Bonchev–Trinajstić information content (AvgIpc) is 2.29. The van der Waals surface area contributed by atoms with Gasteiger partial charge in [0.2, 0.25) is 0 Å². The van der Waals surface area contributed by atoms with Gasteiger partial charge in [0.1, 0.15) is 0 Å². The van der Waals surface area contributed by atoms with Crippen LogP contribution in [0.3, 0.4) is 0 Å². The zero-order valence-electron chi connectivity index (χ0n) is 10.9. The van der Waals surface area contributed by atoms with Gasteiger partial charge < -0.3 is 5.73 Å². The van der Waals surface area contributed by atoms with E-state index in [0.717, 1.165) is 5.56 Å². The normalized spacial score (nSPS) is 13.1. The van der Waals surface area contributed by atoms with E-state index < -0.39 is 15.1 Å². The third-order valence-electron chi connectivity index (χ3n) is 3.10. The highest BCUT2D eigenvalue weighted by molar-refractivity contribution is 7.92. The maximum atomic E-state index is 11.9. The minimum absolute atomic E-state index is 0.125. The van der Waals surface area contributed by atoms with Crippen molar-refractivity contribution in [2.45, 2.75) is 43.3 Å². The van der Waals surface area contributed by atoms with Gasteiger partial charge in [0.05, 0.1) is 10.1 Å². The SMILES string of the molecule is CC(C)S(=O)(=O)c1ccc(C(C)(C)CN)cc1. The van der Waals surface area contributed by atoms with Gasteiger partial charge in [-0.2, -0.15) is 0 Å². The second-order valence-corrected chi connectivity index (χ2v) is 7.71. The van der Waals surface area contributed by atoms with Crippen LogP contribution in [-0.4, -0.2) is 20.2 Å². The minimum atomic E-state index is -3.18. The first kappa shape index (κ1) is 14.2. The number of sulfone groups is 1. The molecule has 0 radical (unpaired) electrons. The van der Waals surface area contributed by atoms with Crippen LogP contribution in [0.4, 0.5) is 0 Å². The molecule has 96 valence electrons. The van der Waals surface area contributed by atoms with Crippen LogP contribution in [0.25, 0.3) is 0 Å². The number of rotatable bonds is 4. The maximum Gasteiger partial charge on any atom is 0.180 e. The summed E-state index contributed by atoms with van der Waals surface area (Å²) in [6, 6.07) is 7.04. The van der Waals surface area contributed by atoms with Gasteiger partial charge in [-0.3, -0.25) is 0 Å². The van der Waals surface area contributed by atoms with Gasteiger partial charge in [-0.05, 0) is 31.5 Å². The minimum Gasteiger partial charge on any atom is -0.330 e. The first-order valence-electron chi connectivity index (χ1n) is 5.76. The molecule has 0 aliphatic rings. The van der Waals surface area contributed by atoms with Gasteiger partial charge in [-0.15, -0.1) is 0 Å². The monoisotopic (exact) mass is 255 g/mol. The summed E-state index contributed by atoms with van der Waals surface area (Å²) in [7, 11) is -3.18. The van der Waals surface area contributed by atoms with Crippen molar-refractivity contribution in [1.82, 2.24) is 0 Å². The Morgan fingerprint density at radius 2 is 1.65 bits per heavy atom. The first-order chi connectivity index (χ1) is 7.71. The van der Waals surface area contributed by atoms with Crippen molar-refractivity contribution in [2.24, 2.45) is 5.73 Å². The molecule has 17 heavy (non-hydrogen) atoms. The van der Waals surface area contributed by atoms with Crippen LogP contribution in [-0.2, 0) is 15.3 Å². The molecule has 0 fully saturated rings. The molecule has 0 aliphatic heterocycles. The van der Waals surface area contributed by atoms with Crippen molar-refractivity contribution < 1.29 is 8.42 Å². The Bertz CT molecular complexity index is 473. The Hall–Kier alpha value is -0.870. The summed E-state index contributed by atoms with van der Waals surface area (Å²) in [5.74, 6) is 0. The Morgan fingerprint density at radius 3 is 2.00 bits per heavy atom. The second kappa shape index (κ2) is 4.78. The molecular weight excluding hydrogens is 234 g/mol. The van der Waals surface area contributed by atoms with Crippen molar-refractivity contribution in [3.8, 4) is 0 Å². The number of hydrogen-bond donors (Lipinski definition) is 1. The second-order valence-electron chi connectivity index (χ2n) is 5.21. The summed E-state index contributed by atoms with van der Waals surface area (Å²) in [6.45, 7) is 7.99. The molecule has 1 aromatic carbocycles. The fourth-order valence-corrected chi connectivity index (χ4v) is 2.55. The highest BCUT2D eigenvalue weighted by Gasteiger charge is 2.22. The molecule has 0 heterocycles. The lowest BCUT2D eigenvalue weighted by Gasteiger charge is -2.23. The van der Waals surface area contributed by atoms with Crippen LogP contribution in [0.2, 0.25) is 0 Å². The molecule has 1 aromatic rings. The van der Waals surface area contributed by atoms with Crippen LogP contribution in [0.5, 0.6) is 0 Å². The van der Waals surface area contributed by atoms with Gasteiger partial charge in [-0.1, -0.05) is 26.0 Å². The third-order valence-corrected chi connectivity index (χ3v) is 5.27. The molecule has 3 nitrogen and oxygen atoms in total. The summed E-state index contributed by atoms with van der Waals surface area (Å²) in [4.78, 5) is 0.379. The smallest absolute Gasteiger partial charge is 0.180 e. The van der Waals surface area contributed by atoms with Crippen LogP contribution < -0.4 is 5.73 Å². The van der Waals surface area contributed by atoms with Gasteiger partial charge in [0, 0.05) is 12.0 Å². The molecule has 0 unspecified atom stereocenters. The third kappa shape index (κ3) is 2.87. The first-order valence-corrected chi connectivity index (χ1v) is 7.31. The summed E-state index contributed by atoms with van der Waals surface area (Å²) in [5.41, 5.74) is 6.63. The van der Waals surface area contributed by atoms with Crippen molar-refractivity contribution in [2.75, 3.05) is 6.54 Å². The van der Waals surface area contributed by atoms with Crippen LogP contribution in [0, 0.1) is 0 Å². The lowest BCUT2D eigenvalue weighted by Crippen LogP contribution is -2.28. The quantitative estimate of drug-likeness (QED) is 0.896. The van der Waals surface area contributed by atoms with Crippen molar-refractivity contribution in [1.29, 1.82) is 0 Å². The summed E-state index contributed by atoms with van der Waals surface area (Å²) in [5, 5.41) is -0.393. The fraction of sp³-hybridized carbons (Fsp3) is 0.538. The summed E-state index contributed by atoms with van der Waals surface area (Å²) in [6.07, 6.45) is 0. The molecule has 0 atom stereocenters.